The molecule has 8 heteroatoms. The first-order valence-electron chi connectivity index (χ1n) is 5.77. The monoisotopic (exact) mass is 283 g/mol. The highest BCUT2D eigenvalue weighted by Crippen LogP contribution is 2.09. The van der Waals surface area contributed by atoms with E-state index < -0.39 is 28.9 Å². The number of aliphatic hydroxyl groups is 1. The molecule has 0 spiro atoms. The lowest BCUT2D eigenvalue weighted by atomic mass is 10.4. The predicted molar refractivity (Wildman–Crippen MR) is 64.8 cm³/mol. The number of nitrogens with zero attached hydrogens (tertiary/aromatic N) is 1. The Kier molecular flexibility index (Phi) is 8.08. The van der Waals surface area contributed by atoms with Crippen LogP contribution in [0.3, 0.4) is 0 Å². The van der Waals surface area contributed by atoms with Gasteiger partial charge in [0.15, 0.2) is 0 Å². The quantitative estimate of drug-likeness (QED) is 0.481. The van der Waals surface area contributed by atoms with Crippen LogP contribution in [0.4, 0.5) is 0 Å². The van der Waals surface area contributed by atoms with Gasteiger partial charge in [-0.2, -0.15) is 8.42 Å². The summed E-state index contributed by atoms with van der Waals surface area (Å²) < 4.78 is 33.7. The van der Waals surface area contributed by atoms with E-state index in [1.165, 1.54) is 0 Å². The van der Waals surface area contributed by atoms with Crippen molar-refractivity contribution in [1.82, 2.24) is 4.31 Å². The number of carbonyl (C=O) groups is 1. The van der Waals surface area contributed by atoms with Gasteiger partial charge in [0.2, 0.25) is 0 Å². The minimum Gasteiger partial charge on any atom is -0.385 e. The summed E-state index contributed by atoms with van der Waals surface area (Å²) in [6, 6.07) is -0.414. The second-order valence-corrected chi connectivity index (χ2v) is 5.43. The number of carbonyl (C=O) groups excluding carboxylic acids is 1. The van der Waals surface area contributed by atoms with Gasteiger partial charge in [-0.25, -0.2) is 4.79 Å². The van der Waals surface area contributed by atoms with Crippen LogP contribution in [0.25, 0.3) is 0 Å². The summed E-state index contributed by atoms with van der Waals surface area (Å²) >= 11 is 0. The van der Waals surface area contributed by atoms with Crippen molar-refractivity contribution < 1.29 is 27.2 Å². The molecule has 18 heavy (non-hydrogen) atoms. The van der Waals surface area contributed by atoms with Gasteiger partial charge in [0.1, 0.15) is 13.3 Å². The Hall–Kier alpha value is -0.700. The van der Waals surface area contributed by atoms with Gasteiger partial charge < -0.3 is 14.0 Å². The number of rotatable bonds is 9. The average Bonchev–Trinajstić information content (AvgIpc) is 2.27. The van der Waals surface area contributed by atoms with Crippen molar-refractivity contribution in [3.8, 4) is 0 Å². The number of unbranched alkanes of at least 4 members (excludes halogenated alkanes) is 1. The molecule has 0 bridgehead atoms. The molecule has 0 unspecified atom stereocenters. The second-order valence-electron chi connectivity index (χ2n) is 3.94. The lowest BCUT2D eigenvalue weighted by Gasteiger charge is -2.24. The fourth-order valence-electron chi connectivity index (χ4n) is 1.06. The van der Waals surface area contributed by atoms with Gasteiger partial charge in [0.25, 0.3) is 0 Å². The molecule has 0 amide bonds. The summed E-state index contributed by atoms with van der Waals surface area (Å²) in [7, 11) is -4.22. The third-order valence-electron chi connectivity index (χ3n) is 2.05. The van der Waals surface area contributed by atoms with E-state index in [0.29, 0.717) is 6.61 Å². The number of hydrogen-bond acceptors (Lipinski definition) is 6. The fraction of sp³-hybridized carbons (Fsp3) is 0.900. The molecule has 0 aliphatic heterocycles. The molecule has 0 aromatic heterocycles. The van der Waals surface area contributed by atoms with Crippen molar-refractivity contribution in [2.75, 3.05) is 19.9 Å². The summed E-state index contributed by atoms with van der Waals surface area (Å²) in [4.78, 5) is 10.8. The number of hydrogen-bond donors (Lipinski definition) is 1. The van der Waals surface area contributed by atoms with Crippen LogP contribution in [-0.2, 0) is 24.0 Å². The third-order valence-corrected chi connectivity index (χ3v) is 3.55. The van der Waals surface area contributed by atoms with Crippen molar-refractivity contribution in [1.29, 1.82) is 0 Å². The Morgan fingerprint density at radius 1 is 1.39 bits per heavy atom. The standard InChI is InChI=1S/C10H21NO6S/c1-4-5-6-16-8-11(9(2)3)18(14,15)17-10(13)7-12/h9,12H,4-8H2,1-3H3. The second kappa shape index (κ2) is 8.41. The maximum atomic E-state index is 11.7. The van der Waals surface area contributed by atoms with Crippen LogP contribution < -0.4 is 0 Å². The van der Waals surface area contributed by atoms with Crippen LogP contribution >= 0.6 is 0 Å². The van der Waals surface area contributed by atoms with Gasteiger partial charge in [-0.1, -0.05) is 13.3 Å². The number of ether oxygens (including phenoxy) is 1. The van der Waals surface area contributed by atoms with E-state index in [2.05, 4.69) is 4.18 Å². The minimum atomic E-state index is -4.22. The molecule has 1 N–H and O–H groups in total. The van der Waals surface area contributed by atoms with Crippen LogP contribution in [0.2, 0.25) is 0 Å². The van der Waals surface area contributed by atoms with Gasteiger partial charge in [-0.05, 0) is 20.3 Å². The van der Waals surface area contributed by atoms with Gasteiger partial charge in [-0.3, -0.25) is 0 Å². The topological polar surface area (TPSA) is 93.1 Å². The van der Waals surface area contributed by atoms with Crippen molar-refractivity contribution in [3.05, 3.63) is 0 Å². The zero-order chi connectivity index (χ0) is 14.2. The molecule has 0 aliphatic carbocycles. The van der Waals surface area contributed by atoms with Crippen LogP contribution in [0.1, 0.15) is 33.6 Å². The summed E-state index contributed by atoms with van der Waals surface area (Å²) in [5.74, 6) is -1.21. The van der Waals surface area contributed by atoms with E-state index in [0.717, 1.165) is 17.1 Å². The van der Waals surface area contributed by atoms with Crippen molar-refractivity contribution in [3.63, 3.8) is 0 Å². The first kappa shape index (κ1) is 17.3. The average molecular weight is 283 g/mol. The molecule has 0 heterocycles. The lowest BCUT2D eigenvalue weighted by molar-refractivity contribution is -0.137. The molecule has 108 valence electrons. The minimum absolute atomic E-state index is 0.182. The van der Waals surface area contributed by atoms with E-state index in [9.17, 15) is 13.2 Å². The van der Waals surface area contributed by atoms with Gasteiger partial charge in [0, 0.05) is 12.6 Å². The van der Waals surface area contributed by atoms with Crippen LogP contribution in [0.15, 0.2) is 0 Å². The van der Waals surface area contributed by atoms with Crippen molar-refractivity contribution >= 4 is 16.3 Å². The van der Waals surface area contributed by atoms with Gasteiger partial charge in [0.05, 0.1) is 0 Å². The molecule has 0 fully saturated rings. The Bertz CT molecular complexity index is 340. The van der Waals surface area contributed by atoms with E-state index in [1.54, 1.807) is 13.8 Å². The smallest absolute Gasteiger partial charge is 0.385 e. The van der Waals surface area contributed by atoms with Crippen molar-refractivity contribution in [2.24, 2.45) is 0 Å². The van der Waals surface area contributed by atoms with Crippen LogP contribution in [0, 0.1) is 0 Å². The maximum absolute atomic E-state index is 11.7. The van der Waals surface area contributed by atoms with Gasteiger partial charge in [-0.15, -0.1) is 4.31 Å². The molecule has 0 aromatic rings. The van der Waals surface area contributed by atoms with E-state index in [4.69, 9.17) is 9.84 Å². The highest BCUT2D eigenvalue weighted by atomic mass is 32.2. The summed E-state index contributed by atoms with van der Waals surface area (Å²) in [6.45, 7) is 4.52. The highest BCUT2D eigenvalue weighted by molar-refractivity contribution is 7.84. The Balaban J connectivity index is 4.52. The predicted octanol–water partition coefficient (Wildman–Crippen LogP) is 0.251. The molecular formula is C10H21NO6S. The van der Waals surface area contributed by atoms with E-state index in [-0.39, 0.29) is 6.73 Å². The summed E-state index contributed by atoms with van der Waals surface area (Å²) in [5, 5.41) is 8.48. The van der Waals surface area contributed by atoms with E-state index >= 15 is 0 Å². The number of aliphatic hydroxyl groups excluding tert-OH is 1. The van der Waals surface area contributed by atoms with Crippen LogP contribution in [0.5, 0.6) is 0 Å². The fourth-order valence-corrected chi connectivity index (χ4v) is 2.17. The maximum Gasteiger partial charge on any atom is 0.389 e. The molecule has 0 saturated heterocycles. The normalized spacial score (nSPS) is 12.1. The molecule has 0 radical (unpaired) electrons. The zero-order valence-electron chi connectivity index (χ0n) is 11.0. The first-order chi connectivity index (χ1) is 8.35. The first-order valence-corrected chi connectivity index (χ1v) is 7.14. The zero-order valence-corrected chi connectivity index (χ0v) is 11.8. The molecule has 7 nitrogen and oxygen atoms in total. The molecule has 0 rings (SSSR count). The molecule has 0 aliphatic rings. The van der Waals surface area contributed by atoms with Crippen molar-refractivity contribution in [2.45, 2.75) is 39.7 Å². The third kappa shape index (κ3) is 6.29. The Labute approximate surface area is 108 Å². The lowest BCUT2D eigenvalue weighted by Crippen LogP contribution is -2.41. The Morgan fingerprint density at radius 2 is 2.00 bits per heavy atom. The molecular weight excluding hydrogens is 262 g/mol. The van der Waals surface area contributed by atoms with E-state index in [1.807, 2.05) is 6.92 Å². The van der Waals surface area contributed by atoms with Gasteiger partial charge >= 0.3 is 16.3 Å². The van der Waals surface area contributed by atoms with Crippen LogP contribution in [-0.4, -0.2) is 49.8 Å². The summed E-state index contributed by atoms with van der Waals surface area (Å²) in [5.41, 5.74) is 0. The molecule has 0 atom stereocenters. The molecule has 0 aromatic carbocycles. The largest absolute Gasteiger partial charge is 0.389 e. The Morgan fingerprint density at radius 3 is 2.44 bits per heavy atom. The SMILES string of the molecule is CCCCOCN(C(C)C)S(=O)(=O)OC(=O)CO. The molecule has 0 saturated carbocycles. The summed E-state index contributed by atoms with van der Waals surface area (Å²) in [6.07, 6.45) is 1.76. The highest BCUT2D eigenvalue weighted by Gasteiger charge is 2.29.